The summed E-state index contributed by atoms with van der Waals surface area (Å²) in [7, 11) is 0. The number of nitrogens with one attached hydrogen (secondary N) is 1. The van der Waals surface area contributed by atoms with E-state index in [0.29, 0.717) is 12.9 Å². The number of hydrogen-bond acceptors (Lipinski definition) is 4. The third kappa shape index (κ3) is 2.63. The van der Waals surface area contributed by atoms with Gasteiger partial charge in [0, 0.05) is 26.2 Å². The van der Waals surface area contributed by atoms with Crippen molar-refractivity contribution in [2.45, 2.75) is 13.2 Å². The third-order valence-electron chi connectivity index (χ3n) is 3.12. The Labute approximate surface area is 95.9 Å². The average Bonchev–Trinajstić information content (AvgIpc) is 2.83. The van der Waals surface area contributed by atoms with Crippen LogP contribution in [0, 0.1) is 0 Å². The van der Waals surface area contributed by atoms with E-state index in [1.165, 1.54) is 0 Å². The fraction of sp³-hybridized carbons (Fsp3) is 0.900. The summed E-state index contributed by atoms with van der Waals surface area (Å²) in [5.74, 6) is 0. The van der Waals surface area contributed by atoms with E-state index in [9.17, 15) is 4.79 Å². The Balaban J connectivity index is 1.75. The molecule has 2 fully saturated rings. The highest BCUT2D eigenvalue weighted by molar-refractivity contribution is 5.67. The van der Waals surface area contributed by atoms with Crippen LogP contribution in [0.3, 0.4) is 0 Å². The zero-order valence-corrected chi connectivity index (χ0v) is 9.82. The molecule has 3 N–H and O–H groups in total. The molecule has 1 atom stereocenters. The molecule has 92 valence electrons. The van der Waals surface area contributed by atoms with Crippen molar-refractivity contribution in [2.75, 3.05) is 45.9 Å². The van der Waals surface area contributed by atoms with Gasteiger partial charge in [-0.25, -0.2) is 15.0 Å². The number of ether oxygens (including phenoxy) is 1. The molecule has 0 radical (unpaired) electrons. The maximum Gasteiger partial charge on any atom is 0.409 e. The van der Waals surface area contributed by atoms with Crippen LogP contribution >= 0.6 is 0 Å². The SMILES string of the molecule is CCOC(=O)N1CCN(C2NCC[NH2+]2)CC1. The number of piperazine rings is 1. The fourth-order valence-corrected chi connectivity index (χ4v) is 2.23. The quantitative estimate of drug-likeness (QED) is 0.587. The molecule has 2 aliphatic heterocycles. The number of quaternary nitrogens is 1. The van der Waals surface area contributed by atoms with E-state index in [2.05, 4.69) is 15.5 Å². The summed E-state index contributed by atoms with van der Waals surface area (Å²) < 4.78 is 4.99. The van der Waals surface area contributed by atoms with Crippen molar-refractivity contribution in [2.24, 2.45) is 0 Å². The van der Waals surface area contributed by atoms with Crippen molar-refractivity contribution in [1.82, 2.24) is 15.1 Å². The Bertz CT molecular complexity index is 235. The Morgan fingerprint density at radius 3 is 2.75 bits per heavy atom. The first kappa shape index (κ1) is 11.6. The first-order chi connectivity index (χ1) is 7.81. The predicted octanol–water partition coefficient (Wildman–Crippen LogP) is -1.79. The molecule has 16 heavy (non-hydrogen) atoms. The van der Waals surface area contributed by atoms with Crippen molar-refractivity contribution in [3.63, 3.8) is 0 Å². The van der Waals surface area contributed by atoms with Crippen LogP contribution in [0.15, 0.2) is 0 Å². The van der Waals surface area contributed by atoms with Crippen LogP contribution in [0.4, 0.5) is 4.79 Å². The highest BCUT2D eigenvalue weighted by atomic mass is 16.6. The van der Waals surface area contributed by atoms with Gasteiger partial charge >= 0.3 is 6.09 Å². The molecule has 6 nitrogen and oxygen atoms in total. The number of hydrogen-bond donors (Lipinski definition) is 2. The molecule has 0 spiro atoms. The van der Waals surface area contributed by atoms with Gasteiger partial charge in [0.2, 0.25) is 0 Å². The lowest BCUT2D eigenvalue weighted by Gasteiger charge is -2.35. The van der Waals surface area contributed by atoms with Crippen molar-refractivity contribution < 1.29 is 14.8 Å². The lowest BCUT2D eigenvalue weighted by atomic mass is 10.3. The summed E-state index contributed by atoms with van der Waals surface area (Å²) >= 11 is 0. The summed E-state index contributed by atoms with van der Waals surface area (Å²) in [5, 5.41) is 5.74. The molecule has 0 aromatic rings. The van der Waals surface area contributed by atoms with Gasteiger partial charge in [-0.2, -0.15) is 0 Å². The van der Waals surface area contributed by atoms with Crippen molar-refractivity contribution in [3.8, 4) is 0 Å². The second-order valence-electron chi connectivity index (χ2n) is 4.15. The fourth-order valence-electron chi connectivity index (χ4n) is 2.23. The lowest BCUT2D eigenvalue weighted by Crippen LogP contribution is -2.92. The highest BCUT2D eigenvalue weighted by Crippen LogP contribution is 2.04. The predicted molar refractivity (Wildman–Crippen MR) is 58.8 cm³/mol. The van der Waals surface area contributed by atoms with Gasteiger partial charge in [0.1, 0.15) is 0 Å². The van der Waals surface area contributed by atoms with Gasteiger partial charge < -0.3 is 15.0 Å². The lowest BCUT2D eigenvalue weighted by molar-refractivity contribution is -0.692. The molecule has 2 aliphatic rings. The van der Waals surface area contributed by atoms with Gasteiger partial charge in [-0.1, -0.05) is 0 Å². The van der Waals surface area contributed by atoms with Gasteiger partial charge in [0.25, 0.3) is 0 Å². The van der Waals surface area contributed by atoms with Crippen LogP contribution in [-0.2, 0) is 4.74 Å². The van der Waals surface area contributed by atoms with Gasteiger partial charge in [0.05, 0.1) is 19.7 Å². The molecule has 0 saturated carbocycles. The zero-order valence-electron chi connectivity index (χ0n) is 9.82. The summed E-state index contributed by atoms with van der Waals surface area (Å²) in [6, 6.07) is 0. The Morgan fingerprint density at radius 2 is 2.19 bits per heavy atom. The number of carbonyl (C=O) groups is 1. The minimum absolute atomic E-state index is 0.175. The molecular formula is C10H21N4O2+. The van der Waals surface area contributed by atoms with Gasteiger partial charge in [0.15, 0.2) is 6.29 Å². The number of nitrogens with zero attached hydrogens (tertiary/aromatic N) is 2. The van der Waals surface area contributed by atoms with E-state index in [4.69, 9.17) is 4.74 Å². The highest BCUT2D eigenvalue weighted by Gasteiger charge is 2.30. The molecule has 0 aromatic heterocycles. The second kappa shape index (κ2) is 5.47. The second-order valence-corrected chi connectivity index (χ2v) is 4.15. The van der Waals surface area contributed by atoms with Gasteiger partial charge in [-0.15, -0.1) is 0 Å². The van der Waals surface area contributed by atoms with Crippen LogP contribution in [0.5, 0.6) is 0 Å². The largest absolute Gasteiger partial charge is 0.450 e. The van der Waals surface area contributed by atoms with Crippen molar-refractivity contribution in [3.05, 3.63) is 0 Å². The van der Waals surface area contributed by atoms with Crippen LogP contribution in [-0.4, -0.2) is 68.1 Å². The topological polar surface area (TPSA) is 61.4 Å². The van der Waals surface area contributed by atoms with Gasteiger partial charge in [-0.05, 0) is 6.92 Å². The Hall–Kier alpha value is -0.850. The average molecular weight is 229 g/mol. The molecule has 2 heterocycles. The minimum Gasteiger partial charge on any atom is -0.450 e. The summed E-state index contributed by atoms with van der Waals surface area (Å²) in [6.07, 6.45) is 0.231. The van der Waals surface area contributed by atoms with Crippen LogP contribution in [0.25, 0.3) is 0 Å². The first-order valence-electron chi connectivity index (χ1n) is 6.03. The third-order valence-corrected chi connectivity index (χ3v) is 3.12. The van der Waals surface area contributed by atoms with Crippen molar-refractivity contribution >= 4 is 6.09 Å². The standard InChI is InChI=1S/C10H20N4O2/c1-2-16-10(15)14-7-5-13(6-8-14)9-11-3-4-12-9/h9,11-12H,2-8H2,1H3/p+1. The van der Waals surface area contributed by atoms with E-state index in [1.807, 2.05) is 6.92 Å². The molecular weight excluding hydrogens is 208 g/mol. The summed E-state index contributed by atoms with van der Waals surface area (Å²) in [4.78, 5) is 15.7. The Kier molecular flexibility index (Phi) is 3.98. The molecule has 1 unspecified atom stereocenters. The molecule has 1 amide bonds. The van der Waals surface area contributed by atoms with E-state index < -0.39 is 0 Å². The van der Waals surface area contributed by atoms with Crippen LogP contribution < -0.4 is 10.6 Å². The number of nitrogens with two attached hydrogens (primary N) is 1. The van der Waals surface area contributed by atoms with Crippen LogP contribution in [0.2, 0.25) is 0 Å². The number of amides is 1. The molecule has 2 saturated heterocycles. The van der Waals surface area contributed by atoms with E-state index in [0.717, 1.165) is 39.3 Å². The van der Waals surface area contributed by atoms with E-state index in [-0.39, 0.29) is 6.09 Å². The van der Waals surface area contributed by atoms with Crippen molar-refractivity contribution in [1.29, 1.82) is 0 Å². The summed E-state index contributed by atoms with van der Waals surface area (Å²) in [6.45, 7) is 7.89. The zero-order chi connectivity index (χ0) is 11.4. The van der Waals surface area contributed by atoms with E-state index >= 15 is 0 Å². The number of rotatable bonds is 2. The first-order valence-corrected chi connectivity index (χ1v) is 6.03. The molecule has 0 bridgehead atoms. The maximum absolute atomic E-state index is 11.5. The Morgan fingerprint density at radius 1 is 1.44 bits per heavy atom. The van der Waals surface area contributed by atoms with Crippen LogP contribution in [0.1, 0.15) is 6.92 Å². The summed E-state index contributed by atoms with van der Waals surface area (Å²) in [5.41, 5.74) is 0. The smallest absolute Gasteiger partial charge is 0.409 e. The van der Waals surface area contributed by atoms with Gasteiger partial charge in [-0.3, -0.25) is 0 Å². The van der Waals surface area contributed by atoms with E-state index in [1.54, 1.807) is 4.90 Å². The normalized spacial score (nSPS) is 27.1. The minimum atomic E-state index is -0.175. The maximum atomic E-state index is 11.5. The molecule has 6 heteroatoms. The molecule has 0 aliphatic carbocycles. The molecule has 0 aromatic carbocycles. The molecule has 2 rings (SSSR count). The monoisotopic (exact) mass is 229 g/mol. The number of carbonyl (C=O) groups excluding carboxylic acids is 1.